The van der Waals surface area contributed by atoms with Crippen molar-refractivity contribution in [2.24, 2.45) is 0 Å². The molecule has 1 aromatic carbocycles. The van der Waals surface area contributed by atoms with Crippen LogP contribution in [0.5, 0.6) is 0 Å². The molecule has 4 heteroatoms. The molecule has 0 saturated carbocycles. The van der Waals surface area contributed by atoms with Gasteiger partial charge in [0.25, 0.3) is 0 Å². The molecule has 1 amide bonds. The van der Waals surface area contributed by atoms with Gasteiger partial charge in [-0.15, -0.1) is 0 Å². The van der Waals surface area contributed by atoms with Gasteiger partial charge < -0.3 is 4.90 Å². The number of carbonyl (C=O) groups is 2. The lowest BCUT2D eigenvalue weighted by atomic mass is 10.0. The molecule has 1 aliphatic rings. The number of likely N-dealkylation sites (N-methyl/N-ethyl adjacent to an activating group) is 1. The van der Waals surface area contributed by atoms with E-state index in [4.69, 9.17) is 0 Å². The number of carbonyl (C=O) groups excluding carboxylic acids is 2. The lowest BCUT2D eigenvalue weighted by Crippen LogP contribution is -2.27. The number of ketones is 1. The third kappa shape index (κ3) is 1.60. The van der Waals surface area contributed by atoms with E-state index in [0.717, 1.165) is 0 Å². The van der Waals surface area contributed by atoms with Crippen molar-refractivity contribution in [1.29, 1.82) is 0 Å². The van der Waals surface area contributed by atoms with Crippen molar-refractivity contribution >= 4 is 11.7 Å². The van der Waals surface area contributed by atoms with Crippen molar-refractivity contribution in [3.63, 3.8) is 0 Å². The molecule has 0 heterocycles. The smallest absolute Gasteiger partial charge is 0.230 e. The number of fused-ring (bicyclic) bond motifs is 1. The fourth-order valence-electron chi connectivity index (χ4n) is 2.01. The summed E-state index contributed by atoms with van der Waals surface area (Å²) in [6.07, 6.45) is 0.149. The predicted molar refractivity (Wildman–Crippen MR) is 56.8 cm³/mol. The third-order valence-corrected chi connectivity index (χ3v) is 2.82. The predicted octanol–water partition coefficient (Wildman–Crippen LogP) is 1.58. The largest absolute Gasteiger partial charge is 0.348 e. The average molecular weight is 221 g/mol. The van der Waals surface area contributed by atoms with Gasteiger partial charge in [0.2, 0.25) is 5.91 Å². The fourth-order valence-corrected chi connectivity index (χ4v) is 2.01. The van der Waals surface area contributed by atoms with Gasteiger partial charge in [0.1, 0.15) is 5.82 Å². The Labute approximate surface area is 92.9 Å². The number of amides is 1. The summed E-state index contributed by atoms with van der Waals surface area (Å²) in [6, 6.07) is 4.02. The maximum Gasteiger partial charge on any atom is 0.230 e. The van der Waals surface area contributed by atoms with Crippen molar-refractivity contribution in [3.8, 4) is 0 Å². The average Bonchev–Trinajstić information content (AvgIpc) is 2.55. The molecular formula is C12H12FNO2. The molecule has 16 heavy (non-hydrogen) atoms. The zero-order valence-corrected chi connectivity index (χ0v) is 9.16. The fraction of sp³-hybridized carbons (Fsp3) is 0.333. The molecule has 0 aliphatic heterocycles. The van der Waals surface area contributed by atoms with E-state index in [1.54, 1.807) is 14.1 Å². The second kappa shape index (κ2) is 3.70. The summed E-state index contributed by atoms with van der Waals surface area (Å²) in [4.78, 5) is 24.9. The maximum atomic E-state index is 13.0. The van der Waals surface area contributed by atoms with E-state index in [1.807, 2.05) is 0 Å². The Kier molecular flexibility index (Phi) is 2.50. The highest BCUT2D eigenvalue weighted by atomic mass is 19.1. The van der Waals surface area contributed by atoms with Crippen LogP contribution >= 0.6 is 0 Å². The first-order valence-corrected chi connectivity index (χ1v) is 5.04. The van der Waals surface area contributed by atoms with Crippen LogP contribution in [0.2, 0.25) is 0 Å². The van der Waals surface area contributed by atoms with E-state index in [1.165, 1.54) is 23.1 Å². The van der Waals surface area contributed by atoms with Crippen LogP contribution in [-0.4, -0.2) is 30.7 Å². The first-order valence-electron chi connectivity index (χ1n) is 5.04. The Morgan fingerprint density at radius 2 is 2.12 bits per heavy atom. The van der Waals surface area contributed by atoms with Crippen molar-refractivity contribution in [3.05, 3.63) is 35.1 Å². The Bertz CT molecular complexity index is 468. The third-order valence-electron chi connectivity index (χ3n) is 2.82. The van der Waals surface area contributed by atoms with Crippen LogP contribution in [0.3, 0.4) is 0 Å². The minimum atomic E-state index is -0.446. The molecule has 0 bridgehead atoms. The van der Waals surface area contributed by atoms with E-state index in [2.05, 4.69) is 0 Å². The van der Waals surface area contributed by atoms with Crippen LogP contribution in [0.25, 0.3) is 0 Å². The standard InChI is InChI=1S/C12H12FNO2/c1-14(2)12(16)10-6-11(15)9-5-7(13)3-4-8(9)10/h3-5,10H,6H2,1-2H3. The summed E-state index contributed by atoms with van der Waals surface area (Å²) in [5, 5.41) is 0. The number of rotatable bonds is 1. The van der Waals surface area contributed by atoms with Crippen LogP contribution in [0.15, 0.2) is 18.2 Å². The van der Waals surface area contributed by atoms with E-state index in [0.29, 0.717) is 11.1 Å². The normalized spacial score (nSPS) is 18.4. The van der Waals surface area contributed by atoms with Gasteiger partial charge in [-0.2, -0.15) is 0 Å². The molecule has 0 saturated heterocycles. The molecule has 0 radical (unpaired) electrons. The van der Waals surface area contributed by atoms with Crippen LogP contribution in [0, 0.1) is 5.82 Å². The number of halogens is 1. The van der Waals surface area contributed by atoms with Gasteiger partial charge in [0.15, 0.2) is 5.78 Å². The highest BCUT2D eigenvalue weighted by molar-refractivity contribution is 6.06. The Morgan fingerprint density at radius 3 is 2.75 bits per heavy atom. The van der Waals surface area contributed by atoms with Crippen LogP contribution in [0.1, 0.15) is 28.3 Å². The molecule has 0 aromatic heterocycles. The second-order valence-electron chi connectivity index (χ2n) is 4.14. The topological polar surface area (TPSA) is 37.4 Å². The molecule has 0 N–H and O–H groups in total. The van der Waals surface area contributed by atoms with Gasteiger partial charge >= 0.3 is 0 Å². The number of hydrogen-bond acceptors (Lipinski definition) is 2. The van der Waals surface area contributed by atoms with Crippen molar-refractivity contribution < 1.29 is 14.0 Å². The number of hydrogen-bond donors (Lipinski definition) is 0. The van der Waals surface area contributed by atoms with Gasteiger partial charge in [0, 0.05) is 26.1 Å². The molecule has 1 atom stereocenters. The lowest BCUT2D eigenvalue weighted by Gasteiger charge is -2.16. The van der Waals surface area contributed by atoms with Gasteiger partial charge in [-0.25, -0.2) is 4.39 Å². The van der Waals surface area contributed by atoms with E-state index < -0.39 is 11.7 Å². The van der Waals surface area contributed by atoms with Crippen LogP contribution < -0.4 is 0 Å². The molecule has 2 rings (SSSR count). The monoisotopic (exact) mass is 221 g/mol. The summed E-state index contributed by atoms with van der Waals surface area (Å²) < 4.78 is 13.0. The van der Waals surface area contributed by atoms with Gasteiger partial charge in [-0.05, 0) is 17.7 Å². The Balaban J connectivity index is 2.44. The minimum absolute atomic E-state index is 0.112. The first kappa shape index (κ1) is 10.8. The SMILES string of the molecule is CN(C)C(=O)C1CC(=O)c2cc(F)ccc21. The molecule has 0 fully saturated rings. The minimum Gasteiger partial charge on any atom is -0.348 e. The number of Topliss-reactive ketones (excluding diaryl/α,β-unsaturated/α-hetero) is 1. The molecule has 1 aliphatic carbocycles. The highest BCUT2D eigenvalue weighted by Crippen LogP contribution is 2.34. The van der Waals surface area contributed by atoms with Crippen molar-refractivity contribution in [1.82, 2.24) is 4.90 Å². The molecule has 1 aromatic rings. The zero-order valence-electron chi connectivity index (χ0n) is 9.16. The summed E-state index contributed by atoms with van der Waals surface area (Å²) in [5.74, 6) is -1.16. The lowest BCUT2D eigenvalue weighted by molar-refractivity contribution is -0.130. The highest BCUT2D eigenvalue weighted by Gasteiger charge is 2.35. The van der Waals surface area contributed by atoms with E-state index in [-0.39, 0.29) is 18.1 Å². The van der Waals surface area contributed by atoms with Crippen LogP contribution in [-0.2, 0) is 4.79 Å². The summed E-state index contributed by atoms with van der Waals surface area (Å²) in [7, 11) is 3.29. The second-order valence-corrected chi connectivity index (χ2v) is 4.14. The quantitative estimate of drug-likeness (QED) is 0.722. The van der Waals surface area contributed by atoms with Gasteiger partial charge in [-0.3, -0.25) is 9.59 Å². The first-order chi connectivity index (χ1) is 7.50. The van der Waals surface area contributed by atoms with Gasteiger partial charge in [-0.1, -0.05) is 6.07 Å². The summed E-state index contributed by atoms with van der Waals surface area (Å²) in [5.41, 5.74) is 0.991. The van der Waals surface area contributed by atoms with Crippen LogP contribution in [0.4, 0.5) is 4.39 Å². The molecule has 84 valence electrons. The van der Waals surface area contributed by atoms with Crippen molar-refractivity contribution in [2.75, 3.05) is 14.1 Å². The zero-order chi connectivity index (χ0) is 11.9. The summed E-state index contributed by atoms with van der Waals surface area (Å²) >= 11 is 0. The summed E-state index contributed by atoms with van der Waals surface area (Å²) in [6.45, 7) is 0. The Hall–Kier alpha value is -1.71. The molecular weight excluding hydrogens is 209 g/mol. The van der Waals surface area contributed by atoms with Crippen molar-refractivity contribution in [2.45, 2.75) is 12.3 Å². The molecule has 0 spiro atoms. The molecule has 3 nitrogen and oxygen atoms in total. The maximum absolute atomic E-state index is 13.0. The van der Waals surface area contributed by atoms with E-state index >= 15 is 0 Å². The molecule has 1 unspecified atom stereocenters. The van der Waals surface area contributed by atoms with Gasteiger partial charge in [0.05, 0.1) is 5.92 Å². The number of benzene rings is 1. The Morgan fingerprint density at radius 1 is 1.44 bits per heavy atom. The number of nitrogens with zero attached hydrogens (tertiary/aromatic N) is 1. The van der Waals surface area contributed by atoms with E-state index in [9.17, 15) is 14.0 Å².